The number of carbonyl (C=O) groups excluding carboxylic acids is 1. The molecule has 2 aromatic rings. The van der Waals surface area contributed by atoms with E-state index in [4.69, 9.17) is 9.47 Å². The molecule has 0 aliphatic rings. The fourth-order valence-corrected chi connectivity index (χ4v) is 2.68. The van der Waals surface area contributed by atoms with Crippen molar-refractivity contribution in [1.82, 2.24) is 5.32 Å². The van der Waals surface area contributed by atoms with Gasteiger partial charge in [-0.1, -0.05) is 18.2 Å². The summed E-state index contributed by atoms with van der Waals surface area (Å²) in [5.41, 5.74) is 4.39. The maximum Gasteiger partial charge on any atom is 0.258 e. The highest BCUT2D eigenvalue weighted by atomic mass is 16.5. The number of aryl methyl sites for hydroxylation is 2. The molecule has 4 heteroatoms. The third-order valence-electron chi connectivity index (χ3n) is 4.19. The fraction of sp³-hybridized carbons (Fsp3) is 0.381. The average Bonchev–Trinajstić information content (AvgIpc) is 2.57. The van der Waals surface area contributed by atoms with E-state index in [2.05, 4.69) is 11.4 Å². The molecule has 0 aliphatic carbocycles. The maximum absolute atomic E-state index is 12.2. The molecule has 1 atom stereocenters. The Hall–Kier alpha value is -2.49. The van der Waals surface area contributed by atoms with Gasteiger partial charge in [-0.05, 0) is 75.1 Å². The molecular weight excluding hydrogens is 314 g/mol. The highest BCUT2D eigenvalue weighted by Crippen LogP contribution is 2.23. The van der Waals surface area contributed by atoms with Crippen molar-refractivity contribution in [2.24, 2.45) is 0 Å². The second-order valence-corrected chi connectivity index (χ2v) is 6.28. The smallest absolute Gasteiger partial charge is 0.258 e. The summed E-state index contributed by atoms with van der Waals surface area (Å²) in [6.45, 7) is 10.6. The minimum atomic E-state index is -0.139. The monoisotopic (exact) mass is 341 g/mol. The summed E-state index contributed by atoms with van der Waals surface area (Å²) in [7, 11) is 0. The van der Waals surface area contributed by atoms with Crippen LogP contribution in [0.2, 0.25) is 0 Å². The van der Waals surface area contributed by atoms with Gasteiger partial charge in [-0.2, -0.15) is 0 Å². The van der Waals surface area contributed by atoms with Crippen molar-refractivity contribution >= 4 is 5.91 Å². The molecule has 4 nitrogen and oxygen atoms in total. The third-order valence-corrected chi connectivity index (χ3v) is 4.19. The molecule has 2 aromatic carbocycles. The number of ether oxygens (including phenoxy) is 2. The van der Waals surface area contributed by atoms with Crippen LogP contribution in [0.25, 0.3) is 0 Å². The first-order valence-electron chi connectivity index (χ1n) is 8.63. The van der Waals surface area contributed by atoms with Crippen molar-refractivity contribution in [3.63, 3.8) is 0 Å². The Morgan fingerprint density at radius 1 is 1.08 bits per heavy atom. The van der Waals surface area contributed by atoms with Crippen molar-refractivity contribution < 1.29 is 14.3 Å². The first kappa shape index (κ1) is 18.8. The molecule has 1 amide bonds. The number of hydrogen-bond donors (Lipinski definition) is 1. The second-order valence-electron chi connectivity index (χ2n) is 6.28. The van der Waals surface area contributed by atoms with Gasteiger partial charge in [0.05, 0.1) is 12.6 Å². The summed E-state index contributed by atoms with van der Waals surface area (Å²) in [5, 5.41) is 2.96. The van der Waals surface area contributed by atoms with Crippen molar-refractivity contribution in [1.29, 1.82) is 0 Å². The highest BCUT2D eigenvalue weighted by molar-refractivity contribution is 5.78. The van der Waals surface area contributed by atoms with Crippen LogP contribution in [0, 0.1) is 20.8 Å². The van der Waals surface area contributed by atoms with E-state index in [1.54, 1.807) is 0 Å². The minimum Gasteiger partial charge on any atom is -0.494 e. The van der Waals surface area contributed by atoms with Crippen LogP contribution >= 0.6 is 0 Å². The van der Waals surface area contributed by atoms with Crippen LogP contribution in [0.5, 0.6) is 11.5 Å². The van der Waals surface area contributed by atoms with Gasteiger partial charge < -0.3 is 14.8 Å². The molecule has 0 aromatic heterocycles. The molecule has 2 rings (SSSR count). The molecule has 0 saturated carbocycles. The second kappa shape index (κ2) is 8.56. The lowest BCUT2D eigenvalue weighted by atomic mass is 10.1. The fourth-order valence-electron chi connectivity index (χ4n) is 2.68. The zero-order valence-electron chi connectivity index (χ0n) is 15.7. The Morgan fingerprint density at radius 3 is 2.40 bits per heavy atom. The number of rotatable bonds is 7. The molecule has 0 bridgehead atoms. The molecule has 0 aliphatic heterocycles. The quantitative estimate of drug-likeness (QED) is 0.818. The van der Waals surface area contributed by atoms with Crippen LogP contribution in [0.1, 0.15) is 42.1 Å². The summed E-state index contributed by atoms with van der Waals surface area (Å²) in [4.78, 5) is 12.2. The number of nitrogens with one attached hydrogen (secondary N) is 1. The molecule has 1 unspecified atom stereocenters. The number of carbonyl (C=O) groups is 1. The molecule has 0 spiro atoms. The molecule has 0 radical (unpaired) electrons. The van der Waals surface area contributed by atoms with Crippen LogP contribution in [0.3, 0.4) is 0 Å². The SMILES string of the molecule is CCOc1ccc(C(C)NC(=O)COc2cc(C)cc(C)c2C)cc1. The normalized spacial score (nSPS) is 11.7. The Kier molecular flexibility index (Phi) is 6.45. The highest BCUT2D eigenvalue weighted by Gasteiger charge is 2.12. The molecule has 25 heavy (non-hydrogen) atoms. The van der Waals surface area contributed by atoms with Crippen molar-refractivity contribution in [3.8, 4) is 11.5 Å². The van der Waals surface area contributed by atoms with Gasteiger partial charge in [0.2, 0.25) is 0 Å². The predicted molar refractivity (Wildman–Crippen MR) is 100 cm³/mol. The Balaban J connectivity index is 1.91. The molecule has 0 fully saturated rings. The van der Waals surface area contributed by atoms with Gasteiger partial charge in [-0.3, -0.25) is 4.79 Å². The standard InChI is InChI=1S/C21H27NO3/c1-6-24-19-9-7-18(8-10-19)17(5)22-21(23)13-25-20-12-14(2)11-15(3)16(20)4/h7-12,17H,6,13H2,1-5H3,(H,22,23). The lowest BCUT2D eigenvalue weighted by Crippen LogP contribution is -2.31. The summed E-state index contributed by atoms with van der Waals surface area (Å²) in [6, 6.07) is 11.7. The van der Waals surface area contributed by atoms with E-state index in [9.17, 15) is 4.79 Å². The van der Waals surface area contributed by atoms with Gasteiger partial charge in [0, 0.05) is 0 Å². The zero-order valence-corrected chi connectivity index (χ0v) is 15.7. The predicted octanol–water partition coefficient (Wildman–Crippen LogP) is 4.27. The maximum atomic E-state index is 12.2. The first-order valence-corrected chi connectivity index (χ1v) is 8.63. The third kappa shape index (κ3) is 5.24. The lowest BCUT2D eigenvalue weighted by molar-refractivity contribution is -0.123. The van der Waals surface area contributed by atoms with Crippen LogP contribution in [0.4, 0.5) is 0 Å². The first-order chi connectivity index (χ1) is 11.9. The summed E-state index contributed by atoms with van der Waals surface area (Å²) in [6.07, 6.45) is 0. The Bertz CT molecular complexity index is 723. The van der Waals surface area contributed by atoms with E-state index >= 15 is 0 Å². The van der Waals surface area contributed by atoms with Gasteiger partial charge in [0.25, 0.3) is 5.91 Å². The van der Waals surface area contributed by atoms with Crippen molar-refractivity contribution in [3.05, 3.63) is 58.7 Å². The van der Waals surface area contributed by atoms with E-state index in [1.165, 1.54) is 0 Å². The van der Waals surface area contributed by atoms with Gasteiger partial charge >= 0.3 is 0 Å². The summed E-state index contributed by atoms with van der Waals surface area (Å²) in [5.74, 6) is 1.46. The molecule has 134 valence electrons. The van der Waals surface area contributed by atoms with Gasteiger partial charge in [-0.15, -0.1) is 0 Å². The molecule has 1 N–H and O–H groups in total. The number of hydrogen-bond acceptors (Lipinski definition) is 3. The Morgan fingerprint density at radius 2 is 1.76 bits per heavy atom. The van der Waals surface area contributed by atoms with E-state index in [1.807, 2.05) is 65.0 Å². The van der Waals surface area contributed by atoms with Crippen LogP contribution < -0.4 is 14.8 Å². The van der Waals surface area contributed by atoms with Gasteiger partial charge in [0.15, 0.2) is 6.61 Å². The molecular formula is C21H27NO3. The van der Waals surface area contributed by atoms with E-state index in [-0.39, 0.29) is 18.6 Å². The van der Waals surface area contributed by atoms with Crippen molar-refractivity contribution in [2.45, 2.75) is 40.7 Å². The van der Waals surface area contributed by atoms with Crippen LogP contribution in [-0.2, 0) is 4.79 Å². The number of amides is 1. The molecule has 0 heterocycles. The van der Waals surface area contributed by atoms with Gasteiger partial charge in [0.1, 0.15) is 11.5 Å². The van der Waals surface area contributed by atoms with E-state index in [0.717, 1.165) is 33.8 Å². The van der Waals surface area contributed by atoms with E-state index in [0.29, 0.717) is 6.61 Å². The van der Waals surface area contributed by atoms with Crippen LogP contribution in [0.15, 0.2) is 36.4 Å². The average molecular weight is 341 g/mol. The zero-order chi connectivity index (χ0) is 18.4. The van der Waals surface area contributed by atoms with Gasteiger partial charge in [-0.25, -0.2) is 0 Å². The lowest BCUT2D eigenvalue weighted by Gasteiger charge is -2.16. The van der Waals surface area contributed by atoms with E-state index < -0.39 is 0 Å². The topological polar surface area (TPSA) is 47.6 Å². The minimum absolute atomic E-state index is 0.00506. The Labute approximate surface area is 150 Å². The summed E-state index contributed by atoms with van der Waals surface area (Å²) >= 11 is 0. The van der Waals surface area contributed by atoms with Crippen molar-refractivity contribution in [2.75, 3.05) is 13.2 Å². The van der Waals surface area contributed by atoms with Crippen LogP contribution in [-0.4, -0.2) is 19.1 Å². The molecule has 0 saturated heterocycles. The number of benzene rings is 2. The largest absolute Gasteiger partial charge is 0.494 e. The summed E-state index contributed by atoms with van der Waals surface area (Å²) < 4.78 is 11.1.